The Kier molecular flexibility index (Phi) is 8.32. The van der Waals surface area contributed by atoms with E-state index >= 15 is 0 Å². The predicted molar refractivity (Wildman–Crippen MR) is 109 cm³/mol. The Morgan fingerprint density at radius 1 is 1.10 bits per heavy atom. The molecule has 9 heteroatoms. The van der Waals surface area contributed by atoms with E-state index in [0.29, 0.717) is 37.6 Å². The van der Waals surface area contributed by atoms with E-state index in [0.717, 1.165) is 6.42 Å². The molecule has 1 atom stereocenters. The van der Waals surface area contributed by atoms with Crippen molar-refractivity contribution in [3.8, 4) is 17.2 Å². The monoisotopic (exact) mass is 422 g/mol. The van der Waals surface area contributed by atoms with Gasteiger partial charge in [-0.05, 0) is 31.9 Å². The van der Waals surface area contributed by atoms with E-state index in [1.54, 1.807) is 31.0 Å². The van der Waals surface area contributed by atoms with Gasteiger partial charge in [0.2, 0.25) is 11.7 Å². The van der Waals surface area contributed by atoms with Gasteiger partial charge in [-0.25, -0.2) is 0 Å². The summed E-state index contributed by atoms with van der Waals surface area (Å²) >= 11 is 0. The van der Waals surface area contributed by atoms with Crippen LogP contribution < -0.4 is 14.2 Å². The van der Waals surface area contributed by atoms with E-state index in [1.165, 1.54) is 26.2 Å². The van der Waals surface area contributed by atoms with E-state index < -0.39 is 0 Å². The van der Waals surface area contributed by atoms with Crippen LogP contribution >= 0.6 is 0 Å². The van der Waals surface area contributed by atoms with Crippen LogP contribution in [-0.4, -0.2) is 82.2 Å². The molecule has 0 aromatic heterocycles. The fraction of sp³-hybridized carbons (Fsp3) is 0.571. The Bertz CT molecular complexity index is 781. The average Bonchev–Trinajstić information content (AvgIpc) is 2.77. The van der Waals surface area contributed by atoms with Crippen LogP contribution in [0.4, 0.5) is 0 Å². The van der Waals surface area contributed by atoms with Crippen LogP contribution in [0.2, 0.25) is 0 Å². The van der Waals surface area contributed by atoms with Crippen LogP contribution in [0.1, 0.15) is 30.1 Å². The van der Waals surface area contributed by atoms with Crippen LogP contribution in [0.3, 0.4) is 0 Å². The minimum absolute atomic E-state index is 0.119. The van der Waals surface area contributed by atoms with Gasteiger partial charge >= 0.3 is 5.97 Å². The maximum absolute atomic E-state index is 13.0. The summed E-state index contributed by atoms with van der Waals surface area (Å²) in [7, 11) is 5.93. The molecule has 2 rings (SSSR count). The number of hydrogen-bond donors (Lipinski definition) is 0. The molecular formula is C21H30N2O7. The first-order chi connectivity index (χ1) is 14.4. The number of piperidine rings is 1. The highest BCUT2D eigenvalue weighted by atomic mass is 16.5. The Morgan fingerprint density at radius 2 is 1.80 bits per heavy atom. The second kappa shape index (κ2) is 10.7. The molecule has 0 spiro atoms. The van der Waals surface area contributed by atoms with Crippen molar-refractivity contribution in [3.05, 3.63) is 17.7 Å². The molecule has 0 bridgehead atoms. The molecule has 1 fully saturated rings. The van der Waals surface area contributed by atoms with Gasteiger partial charge in [-0.2, -0.15) is 0 Å². The van der Waals surface area contributed by atoms with Crippen LogP contribution in [0.15, 0.2) is 12.1 Å². The highest BCUT2D eigenvalue weighted by molar-refractivity contribution is 6.00. The van der Waals surface area contributed by atoms with Crippen molar-refractivity contribution >= 4 is 17.8 Å². The third-order valence-corrected chi connectivity index (χ3v) is 5.05. The molecule has 1 aliphatic heterocycles. The predicted octanol–water partition coefficient (Wildman–Crippen LogP) is 1.59. The SMILES string of the molecule is CCOC(=O)C1CCCN(C(=O)CN(C)C(=O)c2ccc(OC)c(OC)c2OC)C1. The summed E-state index contributed by atoms with van der Waals surface area (Å²) < 4.78 is 21.0. The quantitative estimate of drug-likeness (QED) is 0.587. The molecule has 0 saturated carbocycles. The molecule has 0 N–H and O–H groups in total. The number of nitrogens with zero attached hydrogens (tertiary/aromatic N) is 2. The number of methoxy groups -OCH3 is 3. The molecule has 0 radical (unpaired) electrons. The minimum atomic E-state index is -0.389. The Balaban J connectivity index is 2.10. The third-order valence-electron chi connectivity index (χ3n) is 5.05. The fourth-order valence-electron chi connectivity index (χ4n) is 3.51. The number of carbonyl (C=O) groups is 3. The Hall–Kier alpha value is -2.97. The lowest BCUT2D eigenvalue weighted by Gasteiger charge is -2.32. The molecule has 0 aliphatic carbocycles. The number of amides is 2. The number of esters is 1. The van der Waals surface area contributed by atoms with Crippen molar-refractivity contribution in [2.75, 3.05) is 54.6 Å². The largest absolute Gasteiger partial charge is 0.493 e. The van der Waals surface area contributed by atoms with Gasteiger partial charge in [-0.15, -0.1) is 0 Å². The molecule has 166 valence electrons. The Labute approximate surface area is 176 Å². The fourth-order valence-corrected chi connectivity index (χ4v) is 3.51. The van der Waals surface area contributed by atoms with Crippen molar-refractivity contribution in [3.63, 3.8) is 0 Å². The number of rotatable bonds is 8. The zero-order chi connectivity index (χ0) is 22.3. The van der Waals surface area contributed by atoms with Gasteiger partial charge in [0.15, 0.2) is 11.5 Å². The maximum atomic E-state index is 13.0. The summed E-state index contributed by atoms with van der Waals surface area (Å²) in [6.45, 7) is 2.81. The summed E-state index contributed by atoms with van der Waals surface area (Å²) in [5.41, 5.74) is 0.258. The molecule has 1 saturated heterocycles. The number of hydrogen-bond acceptors (Lipinski definition) is 7. The van der Waals surface area contributed by atoms with Gasteiger partial charge in [-0.3, -0.25) is 14.4 Å². The normalized spacial score (nSPS) is 15.9. The first-order valence-electron chi connectivity index (χ1n) is 9.86. The number of likely N-dealkylation sites (N-methyl/N-ethyl adjacent to an activating group) is 1. The minimum Gasteiger partial charge on any atom is -0.493 e. The zero-order valence-corrected chi connectivity index (χ0v) is 18.2. The van der Waals surface area contributed by atoms with Crippen molar-refractivity contribution in [1.29, 1.82) is 0 Å². The topological polar surface area (TPSA) is 94.6 Å². The van der Waals surface area contributed by atoms with E-state index in [2.05, 4.69) is 0 Å². The summed E-state index contributed by atoms with van der Waals surface area (Å²) in [4.78, 5) is 40.7. The summed E-state index contributed by atoms with van der Waals surface area (Å²) in [5.74, 6) is -0.244. The van der Waals surface area contributed by atoms with Crippen LogP contribution in [0.25, 0.3) is 0 Å². The summed E-state index contributed by atoms with van der Waals surface area (Å²) in [6, 6.07) is 3.18. The van der Waals surface area contributed by atoms with E-state index in [9.17, 15) is 14.4 Å². The van der Waals surface area contributed by atoms with Crippen LogP contribution in [-0.2, 0) is 14.3 Å². The van der Waals surface area contributed by atoms with Gasteiger partial charge in [0.25, 0.3) is 5.91 Å². The summed E-state index contributed by atoms with van der Waals surface area (Å²) in [6.07, 6.45) is 1.41. The second-order valence-corrected chi connectivity index (χ2v) is 6.97. The lowest BCUT2D eigenvalue weighted by Crippen LogP contribution is -2.47. The lowest BCUT2D eigenvalue weighted by molar-refractivity contribution is -0.151. The van der Waals surface area contributed by atoms with Crippen molar-refractivity contribution in [2.24, 2.45) is 5.92 Å². The Morgan fingerprint density at radius 3 is 2.40 bits per heavy atom. The molecule has 1 aliphatic rings. The molecule has 9 nitrogen and oxygen atoms in total. The number of ether oxygens (including phenoxy) is 4. The molecular weight excluding hydrogens is 392 g/mol. The van der Waals surface area contributed by atoms with Crippen molar-refractivity contribution < 1.29 is 33.3 Å². The van der Waals surface area contributed by atoms with Gasteiger partial charge in [-0.1, -0.05) is 0 Å². The van der Waals surface area contributed by atoms with Gasteiger partial charge in [0.1, 0.15) is 0 Å². The molecule has 1 unspecified atom stereocenters. The van der Waals surface area contributed by atoms with E-state index in [-0.39, 0.29) is 41.6 Å². The van der Waals surface area contributed by atoms with Gasteiger partial charge in [0, 0.05) is 20.1 Å². The number of carbonyl (C=O) groups excluding carboxylic acids is 3. The van der Waals surface area contributed by atoms with Crippen LogP contribution in [0.5, 0.6) is 17.2 Å². The smallest absolute Gasteiger partial charge is 0.310 e. The maximum Gasteiger partial charge on any atom is 0.310 e. The molecule has 30 heavy (non-hydrogen) atoms. The average molecular weight is 422 g/mol. The number of likely N-dealkylation sites (tertiary alicyclic amines) is 1. The van der Waals surface area contributed by atoms with E-state index in [4.69, 9.17) is 18.9 Å². The highest BCUT2D eigenvalue weighted by Crippen LogP contribution is 2.40. The first-order valence-corrected chi connectivity index (χ1v) is 9.86. The summed E-state index contributed by atoms with van der Waals surface area (Å²) in [5, 5.41) is 0. The second-order valence-electron chi connectivity index (χ2n) is 6.97. The zero-order valence-electron chi connectivity index (χ0n) is 18.2. The standard InChI is InChI=1S/C21H30N2O7/c1-6-30-21(26)14-8-7-11-23(12-14)17(24)13-22(2)20(25)15-9-10-16(27-3)19(29-5)18(15)28-4/h9-10,14H,6-8,11-13H2,1-5H3. The van der Waals surface area contributed by atoms with Crippen molar-refractivity contribution in [2.45, 2.75) is 19.8 Å². The van der Waals surface area contributed by atoms with Crippen molar-refractivity contribution in [1.82, 2.24) is 9.80 Å². The molecule has 1 heterocycles. The molecule has 1 aromatic rings. The van der Waals surface area contributed by atoms with Gasteiger partial charge < -0.3 is 28.7 Å². The van der Waals surface area contributed by atoms with Gasteiger partial charge in [0.05, 0.1) is 46.0 Å². The first kappa shape index (κ1) is 23.3. The number of benzene rings is 1. The third kappa shape index (κ3) is 5.14. The highest BCUT2D eigenvalue weighted by Gasteiger charge is 2.31. The lowest BCUT2D eigenvalue weighted by atomic mass is 9.98. The molecule has 1 aromatic carbocycles. The van der Waals surface area contributed by atoms with Crippen LogP contribution in [0, 0.1) is 5.92 Å². The molecule has 2 amide bonds. The van der Waals surface area contributed by atoms with E-state index in [1.807, 2.05) is 0 Å².